The van der Waals surface area contributed by atoms with Crippen molar-refractivity contribution in [2.45, 2.75) is 53.4 Å². The van der Waals surface area contributed by atoms with Gasteiger partial charge in [0.25, 0.3) is 0 Å². The summed E-state index contributed by atoms with van der Waals surface area (Å²) in [4.78, 5) is 0. The van der Waals surface area contributed by atoms with Gasteiger partial charge in [-0.05, 0) is 60.9 Å². The van der Waals surface area contributed by atoms with E-state index in [0.717, 1.165) is 24.8 Å². The molecule has 0 radical (unpaired) electrons. The van der Waals surface area contributed by atoms with Crippen LogP contribution in [0, 0.1) is 18.7 Å². The molecule has 0 fully saturated rings. The Kier molecular flexibility index (Phi) is 6.78. The van der Waals surface area contributed by atoms with Crippen LogP contribution in [0.1, 0.15) is 63.1 Å². The molecule has 0 aliphatic heterocycles. The molecule has 0 bridgehead atoms. The smallest absolute Gasteiger partial charge is 0.123 e. The molecule has 0 saturated heterocycles. The van der Waals surface area contributed by atoms with E-state index in [1.54, 1.807) is 12.1 Å². The molecule has 0 aliphatic rings. The topological polar surface area (TPSA) is 0 Å². The molecule has 0 N–H and O–H groups in total. The Hall–Kier alpha value is -1.89. The Labute approximate surface area is 146 Å². The fraction of sp³-hybridized carbons (Fsp3) is 0.391. The number of benzene rings is 2. The summed E-state index contributed by atoms with van der Waals surface area (Å²) in [6.45, 7) is 8.88. The quantitative estimate of drug-likeness (QED) is 0.506. The van der Waals surface area contributed by atoms with Crippen molar-refractivity contribution in [1.29, 1.82) is 0 Å². The summed E-state index contributed by atoms with van der Waals surface area (Å²) in [5.41, 5.74) is 6.39. The van der Waals surface area contributed by atoms with E-state index in [-0.39, 0.29) is 5.82 Å². The van der Waals surface area contributed by atoms with E-state index in [2.05, 4.69) is 52.0 Å². The van der Waals surface area contributed by atoms with Gasteiger partial charge in [0.15, 0.2) is 0 Å². The molecule has 0 nitrogen and oxygen atoms in total. The SMILES string of the molecule is CCC/C(CCC(C)C)=C(\c1ccc(C)cc1)c1ccc(F)cc1. The number of aryl methyl sites for hydroxylation is 1. The van der Waals surface area contributed by atoms with Crippen molar-refractivity contribution >= 4 is 5.57 Å². The second kappa shape index (κ2) is 8.82. The van der Waals surface area contributed by atoms with Crippen LogP contribution in [0.25, 0.3) is 5.57 Å². The minimum Gasteiger partial charge on any atom is -0.207 e. The molecule has 2 rings (SSSR count). The van der Waals surface area contributed by atoms with Crippen molar-refractivity contribution in [3.05, 3.63) is 76.6 Å². The minimum atomic E-state index is -0.179. The standard InChI is InChI=1S/C23H29F/c1-5-6-19(10-7-17(2)3)23(20-11-8-18(4)9-12-20)21-13-15-22(24)16-14-21/h8-9,11-17H,5-7,10H2,1-4H3/b23-19-. The third-order valence-corrected chi connectivity index (χ3v) is 4.40. The Bertz CT molecular complexity index is 613. The summed E-state index contributed by atoms with van der Waals surface area (Å²) < 4.78 is 13.4. The maximum atomic E-state index is 13.4. The molecule has 2 aromatic rings. The zero-order chi connectivity index (χ0) is 17.5. The zero-order valence-electron chi connectivity index (χ0n) is 15.4. The summed E-state index contributed by atoms with van der Waals surface area (Å²) in [6, 6.07) is 15.7. The second-order valence-corrected chi connectivity index (χ2v) is 7.03. The van der Waals surface area contributed by atoms with Crippen molar-refractivity contribution in [3.63, 3.8) is 0 Å². The van der Waals surface area contributed by atoms with Gasteiger partial charge in [0, 0.05) is 0 Å². The van der Waals surface area contributed by atoms with Crippen LogP contribution in [0.5, 0.6) is 0 Å². The van der Waals surface area contributed by atoms with Gasteiger partial charge in [-0.1, -0.05) is 74.7 Å². The van der Waals surface area contributed by atoms with Gasteiger partial charge in [-0.25, -0.2) is 4.39 Å². The third kappa shape index (κ3) is 5.06. The monoisotopic (exact) mass is 324 g/mol. The van der Waals surface area contributed by atoms with Crippen LogP contribution in [0.3, 0.4) is 0 Å². The molecule has 0 heterocycles. The largest absolute Gasteiger partial charge is 0.207 e. The van der Waals surface area contributed by atoms with Gasteiger partial charge in [-0.3, -0.25) is 0 Å². The van der Waals surface area contributed by atoms with Crippen LogP contribution in [0.4, 0.5) is 4.39 Å². The number of halogens is 1. The van der Waals surface area contributed by atoms with Crippen molar-refractivity contribution in [2.75, 3.05) is 0 Å². The lowest BCUT2D eigenvalue weighted by atomic mass is 9.87. The van der Waals surface area contributed by atoms with E-state index in [4.69, 9.17) is 0 Å². The van der Waals surface area contributed by atoms with Gasteiger partial charge in [-0.15, -0.1) is 0 Å². The highest BCUT2D eigenvalue weighted by molar-refractivity contribution is 5.82. The predicted molar refractivity (Wildman–Crippen MR) is 103 cm³/mol. The highest BCUT2D eigenvalue weighted by Crippen LogP contribution is 2.32. The van der Waals surface area contributed by atoms with Gasteiger partial charge in [-0.2, -0.15) is 0 Å². The van der Waals surface area contributed by atoms with E-state index in [0.29, 0.717) is 5.92 Å². The zero-order valence-corrected chi connectivity index (χ0v) is 15.4. The van der Waals surface area contributed by atoms with Crippen molar-refractivity contribution in [2.24, 2.45) is 5.92 Å². The highest BCUT2D eigenvalue weighted by atomic mass is 19.1. The summed E-state index contributed by atoms with van der Waals surface area (Å²) in [5.74, 6) is 0.505. The summed E-state index contributed by atoms with van der Waals surface area (Å²) in [6.07, 6.45) is 4.51. The summed E-state index contributed by atoms with van der Waals surface area (Å²) in [7, 11) is 0. The maximum Gasteiger partial charge on any atom is 0.123 e. The Morgan fingerprint density at radius 2 is 1.42 bits per heavy atom. The summed E-state index contributed by atoms with van der Waals surface area (Å²) >= 11 is 0. The number of rotatable bonds is 7. The Balaban J connectivity index is 2.55. The van der Waals surface area contributed by atoms with Gasteiger partial charge in [0.1, 0.15) is 5.82 Å². The minimum absolute atomic E-state index is 0.179. The lowest BCUT2D eigenvalue weighted by Crippen LogP contribution is -1.98. The first kappa shape index (κ1) is 18.4. The number of hydrogen-bond donors (Lipinski definition) is 0. The van der Waals surface area contributed by atoms with E-state index < -0.39 is 0 Å². The van der Waals surface area contributed by atoms with Crippen LogP contribution in [0.15, 0.2) is 54.1 Å². The molecule has 0 unspecified atom stereocenters. The first-order valence-electron chi connectivity index (χ1n) is 9.06. The lowest BCUT2D eigenvalue weighted by molar-refractivity contribution is 0.576. The molecular formula is C23H29F. The molecule has 0 spiro atoms. The average molecular weight is 324 g/mol. The fourth-order valence-electron chi connectivity index (χ4n) is 3.05. The van der Waals surface area contributed by atoms with Crippen molar-refractivity contribution < 1.29 is 4.39 Å². The summed E-state index contributed by atoms with van der Waals surface area (Å²) in [5, 5.41) is 0. The van der Waals surface area contributed by atoms with Gasteiger partial charge >= 0.3 is 0 Å². The van der Waals surface area contributed by atoms with Gasteiger partial charge in [0.2, 0.25) is 0 Å². The van der Waals surface area contributed by atoms with Crippen molar-refractivity contribution in [3.8, 4) is 0 Å². The van der Waals surface area contributed by atoms with E-state index in [1.807, 2.05) is 12.1 Å². The first-order valence-corrected chi connectivity index (χ1v) is 9.06. The van der Waals surface area contributed by atoms with Crippen LogP contribution < -0.4 is 0 Å². The normalized spacial score (nSPS) is 12.4. The van der Waals surface area contributed by atoms with Gasteiger partial charge < -0.3 is 0 Å². The number of hydrogen-bond acceptors (Lipinski definition) is 0. The van der Waals surface area contributed by atoms with E-state index >= 15 is 0 Å². The van der Waals surface area contributed by atoms with Crippen molar-refractivity contribution in [1.82, 2.24) is 0 Å². The third-order valence-electron chi connectivity index (χ3n) is 4.40. The van der Waals surface area contributed by atoms with Crippen LogP contribution >= 0.6 is 0 Å². The van der Waals surface area contributed by atoms with Crippen LogP contribution in [-0.2, 0) is 0 Å². The first-order chi connectivity index (χ1) is 11.5. The molecule has 2 aromatic carbocycles. The fourth-order valence-corrected chi connectivity index (χ4v) is 3.05. The van der Waals surface area contributed by atoms with E-state index in [9.17, 15) is 4.39 Å². The molecular weight excluding hydrogens is 295 g/mol. The van der Waals surface area contributed by atoms with Gasteiger partial charge in [0.05, 0.1) is 0 Å². The van der Waals surface area contributed by atoms with Crippen LogP contribution in [0.2, 0.25) is 0 Å². The molecule has 0 aliphatic carbocycles. The predicted octanol–water partition coefficient (Wildman–Crippen LogP) is 7.17. The molecule has 128 valence electrons. The molecule has 0 saturated carbocycles. The Morgan fingerprint density at radius 3 is 1.92 bits per heavy atom. The molecule has 0 atom stereocenters. The Morgan fingerprint density at radius 1 is 0.875 bits per heavy atom. The highest BCUT2D eigenvalue weighted by Gasteiger charge is 2.12. The molecule has 1 heteroatoms. The maximum absolute atomic E-state index is 13.4. The molecule has 0 aromatic heterocycles. The molecule has 0 amide bonds. The lowest BCUT2D eigenvalue weighted by Gasteiger charge is -2.18. The second-order valence-electron chi connectivity index (χ2n) is 7.03. The van der Waals surface area contributed by atoms with Crippen LogP contribution in [-0.4, -0.2) is 0 Å². The molecule has 24 heavy (non-hydrogen) atoms. The average Bonchev–Trinajstić information content (AvgIpc) is 2.56. The number of allylic oxidation sites excluding steroid dienone is 1. The van der Waals surface area contributed by atoms with E-state index in [1.165, 1.54) is 28.7 Å².